The molecule has 0 radical (unpaired) electrons. The summed E-state index contributed by atoms with van der Waals surface area (Å²) in [5.74, 6) is 1.64. The second kappa shape index (κ2) is 12.3. The number of carbonyl (C=O) groups excluding carboxylic acids is 1. The normalized spacial score (nSPS) is 15.2. The Balaban J connectivity index is 0.00000300. The van der Waals surface area contributed by atoms with Crippen LogP contribution in [0.4, 0.5) is 0 Å². The van der Waals surface area contributed by atoms with Crippen LogP contribution >= 0.6 is 35.3 Å². The van der Waals surface area contributed by atoms with Crippen molar-refractivity contribution in [2.45, 2.75) is 39.0 Å². The van der Waals surface area contributed by atoms with Crippen molar-refractivity contribution in [3.05, 3.63) is 29.3 Å². The number of rotatable bonds is 7. The summed E-state index contributed by atoms with van der Waals surface area (Å²) in [7, 11) is 1.71. The molecule has 1 aliphatic heterocycles. The van der Waals surface area contributed by atoms with E-state index in [1.165, 1.54) is 9.71 Å². The first kappa shape index (κ1) is 23.9. The maximum atomic E-state index is 11.6. The van der Waals surface area contributed by atoms with E-state index in [1.54, 1.807) is 18.4 Å². The third kappa shape index (κ3) is 7.09. The van der Waals surface area contributed by atoms with Gasteiger partial charge in [0.05, 0.1) is 15.2 Å². The topological polar surface area (TPSA) is 69.6 Å². The quantitative estimate of drug-likeness (QED) is 0.249. The number of guanidine groups is 1. The Labute approximate surface area is 194 Å². The molecule has 29 heavy (non-hydrogen) atoms. The zero-order valence-electron chi connectivity index (χ0n) is 17.3. The van der Waals surface area contributed by atoms with E-state index in [1.807, 2.05) is 6.07 Å². The lowest BCUT2D eigenvalue weighted by molar-refractivity contribution is -0.121. The summed E-state index contributed by atoms with van der Waals surface area (Å²) in [5, 5.41) is 7.34. The lowest BCUT2D eigenvalue weighted by atomic mass is 9.93. The number of halogens is 1. The molecule has 160 valence electrons. The van der Waals surface area contributed by atoms with E-state index >= 15 is 0 Å². The average Bonchev–Trinajstić information content (AvgIpc) is 3.13. The van der Waals surface area contributed by atoms with E-state index in [4.69, 9.17) is 9.98 Å². The number of benzene rings is 1. The fourth-order valence-corrected chi connectivity index (χ4v) is 4.59. The van der Waals surface area contributed by atoms with Gasteiger partial charge in [-0.15, -0.1) is 35.3 Å². The lowest BCUT2D eigenvalue weighted by Gasteiger charge is -2.34. The van der Waals surface area contributed by atoms with Crippen LogP contribution in [-0.4, -0.2) is 55.0 Å². The molecule has 1 aromatic carbocycles. The molecule has 2 aromatic rings. The molecule has 0 aliphatic carbocycles. The van der Waals surface area contributed by atoms with Crippen LogP contribution in [0.25, 0.3) is 10.2 Å². The van der Waals surface area contributed by atoms with Gasteiger partial charge in [-0.25, -0.2) is 4.98 Å². The van der Waals surface area contributed by atoms with Gasteiger partial charge in [-0.3, -0.25) is 9.79 Å². The summed E-state index contributed by atoms with van der Waals surface area (Å²) in [4.78, 5) is 23.5. The van der Waals surface area contributed by atoms with Crippen molar-refractivity contribution < 1.29 is 4.79 Å². The van der Waals surface area contributed by atoms with Gasteiger partial charge in [0.2, 0.25) is 5.91 Å². The number of nitrogens with zero attached hydrogens (tertiary/aromatic N) is 3. The lowest BCUT2D eigenvalue weighted by Crippen LogP contribution is -2.46. The van der Waals surface area contributed by atoms with E-state index in [-0.39, 0.29) is 29.9 Å². The summed E-state index contributed by atoms with van der Waals surface area (Å²) in [6.45, 7) is 5.71. The summed E-state index contributed by atoms with van der Waals surface area (Å²) >= 11 is 1.78. The van der Waals surface area contributed by atoms with Gasteiger partial charge in [-0.1, -0.05) is 12.1 Å². The molecule has 0 atom stereocenters. The molecular weight excluding hydrogens is 497 g/mol. The van der Waals surface area contributed by atoms with Crippen molar-refractivity contribution in [1.29, 1.82) is 0 Å². The minimum absolute atomic E-state index is 0. The summed E-state index contributed by atoms with van der Waals surface area (Å²) in [6.07, 6.45) is 4.70. The number of aromatic nitrogens is 1. The molecule has 1 amide bonds. The molecule has 2 heterocycles. The van der Waals surface area contributed by atoms with E-state index in [9.17, 15) is 4.79 Å². The Morgan fingerprint density at radius 1 is 1.31 bits per heavy atom. The number of aryl methyl sites for hydroxylation is 1. The van der Waals surface area contributed by atoms with Crippen LogP contribution in [0.15, 0.2) is 29.3 Å². The van der Waals surface area contributed by atoms with Gasteiger partial charge in [0.15, 0.2) is 5.96 Å². The van der Waals surface area contributed by atoms with Crippen LogP contribution in [0.1, 0.15) is 37.6 Å². The zero-order valence-corrected chi connectivity index (χ0v) is 20.5. The Kier molecular flexibility index (Phi) is 10.1. The molecule has 1 saturated heterocycles. The van der Waals surface area contributed by atoms with Crippen molar-refractivity contribution in [2.75, 3.05) is 33.2 Å². The first-order chi connectivity index (χ1) is 13.7. The summed E-state index contributed by atoms with van der Waals surface area (Å²) in [5.41, 5.74) is 1.10. The van der Waals surface area contributed by atoms with E-state index in [0.29, 0.717) is 12.3 Å². The molecule has 3 rings (SSSR count). The van der Waals surface area contributed by atoms with E-state index < -0.39 is 0 Å². The smallest absolute Gasteiger partial charge is 0.220 e. The minimum atomic E-state index is 0. The largest absolute Gasteiger partial charge is 0.359 e. The highest BCUT2D eigenvalue weighted by Crippen LogP contribution is 2.23. The molecule has 0 saturated carbocycles. The number of likely N-dealkylation sites (tertiary alicyclic amines) is 1. The number of nitrogens with one attached hydrogen (secondary N) is 2. The number of thiazole rings is 1. The van der Waals surface area contributed by atoms with E-state index in [2.05, 4.69) is 40.7 Å². The van der Waals surface area contributed by atoms with Crippen LogP contribution < -0.4 is 10.6 Å². The zero-order chi connectivity index (χ0) is 19.8. The Morgan fingerprint density at radius 3 is 2.76 bits per heavy atom. The third-order valence-corrected chi connectivity index (χ3v) is 6.25. The molecule has 1 aliphatic rings. The molecular formula is C21H32IN5OS. The fourth-order valence-electron chi connectivity index (χ4n) is 3.58. The number of para-hydroxylation sites is 1. The van der Waals surface area contributed by atoms with Crippen LogP contribution in [0.2, 0.25) is 0 Å². The van der Waals surface area contributed by atoms with Crippen LogP contribution in [0.5, 0.6) is 0 Å². The number of aliphatic imine (C=N–C) groups is 1. The predicted octanol–water partition coefficient (Wildman–Crippen LogP) is 3.66. The molecule has 0 spiro atoms. The maximum Gasteiger partial charge on any atom is 0.220 e. The standard InChI is InChI=1S/C21H31N5OS.HI/c1-3-23-21(26-13-10-16(11-14-26)15-19(27)22-2)24-12-6-9-20-25-17-7-4-5-8-18(17)28-20;/h4-5,7-8,16H,3,6,9-15H2,1-2H3,(H,22,27)(H,23,24);1H. The number of carbonyl (C=O) groups is 1. The van der Waals surface area contributed by atoms with Gasteiger partial charge in [0, 0.05) is 46.1 Å². The van der Waals surface area contributed by atoms with Gasteiger partial charge >= 0.3 is 0 Å². The summed E-state index contributed by atoms with van der Waals surface area (Å²) in [6, 6.07) is 8.31. The Bertz CT molecular complexity index is 768. The number of amides is 1. The molecule has 1 fully saturated rings. The molecule has 8 heteroatoms. The molecule has 0 bridgehead atoms. The second-order valence-electron chi connectivity index (χ2n) is 7.22. The highest BCUT2D eigenvalue weighted by Gasteiger charge is 2.22. The highest BCUT2D eigenvalue weighted by atomic mass is 127. The van der Waals surface area contributed by atoms with E-state index in [0.717, 1.165) is 63.3 Å². The van der Waals surface area contributed by atoms with Crippen molar-refractivity contribution in [3.8, 4) is 0 Å². The monoisotopic (exact) mass is 529 g/mol. The number of hydrogen-bond acceptors (Lipinski definition) is 4. The van der Waals surface area contributed by atoms with Gasteiger partial charge in [0.25, 0.3) is 0 Å². The first-order valence-electron chi connectivity index (χ1n) is 10.3. The van der Waals surface area contributed by atoms with Crippen molar-refractivity contribution in [1.82, 2.24) is 20.5 Å². The number of fused-ring (bicyclic) bond motifs is 1. The summed E-state index contributed by atoms with van der Waals surface area (Å²) < 4.78 is 1.26. The maximum absolute atomic E-state index is 11.6. The van der Waals surface area contributed by atoms with Crippen molar-refractivity contribution in [2.24, 2.45) is 10.9 Å². The second-order valence-corrected chi connectivity index (χ2v) is 8.34. The number of hydrogen-bond donors (Lipinski definition) is 2. The van der Waals surface area contributed by atoms with Crippen molar-refractivity contribution in [3.63, 3.8) is 0 Å². The van der Waals surface area contributed by atoms with Crippen LogP contribution in [-0.2, 0) is 11.2 Å². The minimum Gasteiger partial charge on any atom is -0.359 e. The third-order valence-electron chi connectivity index (χ3n) is 5.15. The Morgan fingerprint density at radius 2 is 2.07 bits per heavy atom. The molecule has 0 unspecified atom stereocenters. The van der Waals surface area contributed by atoms with Crippen molar-refractivity contribution >= 4 is 57.4 Å². The highest BCUT2D eigenvalue weighted by molar-refractivity contribution is 14.0. The van der Waals surface area contributed by atoms with Gasteiger partial charge in [-0.2, -0.15) is 0 Å². The molecule has 1 aromatic heterocycles. The SMILES string of the molecule is CCNC(=NCCCc1nc2ccccc2s1)N1CCC(CC(=O)NC)CC1.I. The first-order valence-corrected chi connectivity index (χ1v) is 11.1. The Hall–Kier alpha value is -1.42. The van der Waals surface area contributed by atoms with Crippen LogP contribution in [0, 0.1) is 5.92 Å². The fraction of sp³-hybridized carbons (Fsp3) is 0.571. The average molecular weight is 529 g/mol. The van der Waals surface area contributed by atoms with Gasteiger partial charge < -0.3 is 15.5 Å². The van der Waals surface area contributed by atoms with Gasteiger partial charge in [0.1, 0.15) is 0 Å². The predicted molar refractivity (Wildman–Crippen MR) is 132 cm³/mol. The van der Waals surface area contributed by atoms with Gasteiger partial charge in [-0.05, 0) is 44.2 Å². The molecule has 6 nitrogen and oxygen atoms in total. The number of piperidine rings is 1. The van der Waals surface area contributed by atoms with Crippen LogP contribution in [0.3, 0.4) is 0 Å². The molecule has 2 N–H and O–H groups in total.